The van der Waals surface area contributed by atoms with Gasteiger partial charge in [-0.3, -0.25) is 0 Å². The maximum absolute atomic E-state index is 11.1. The van der Waals surface area contributed by atoms with Crippen LogP contribution in [0.2, 0.25) is 12.1 Å². The lowest BCUT2D eigenvalue weighted by Gasteiger charge is -2.34. The van der Waals surface area contributed by atoms with Crippen molar-refractivity contribution < 1.29 is 9.84 Å². The first-order valence-corrected chi connectivity index (χ1v) is 16.2. The molecule has 184 valence electrons. The number of rotatable bonds is 10. The highest BCUT2D eigenvalue weighted by molar-refractivity contribution is 8.01. The molecular formula is C29H46O2SSi. The molecule has 0 aromatic heterocycles. The van der Waals surface area contributed by atoms with Crippen molar-refractivity contribution in [3.05, 3.63) is 47.5 Å². The molecule has 0 amide bonds. The van der Waals surface area contributed by atoms with E-state index in [4.69, 9.17) is 4.74 Å². The molecule has 2 aromatic rings. The molecule has 0 heterocycles. The fourth-order valence-corrected chi connectivity index (χ4v) is 12.6. The topological polar surface area (TPSA) is 29.5 Å². The van der Waals surface area contributed by atoms with E-state index in [1.165, 1.54) is 35.0 Å². The van der Waals surface area contributed by atoms with Crippen LogP contribution in [0.1, 0.15) is 86.3 Å². The molecule has 0 aliphatic rings. The van der Waals surface area contributed by atoms with E-state index in [-0.39, 0.29) is 10.8 Å². The van der Waals surface area contributed by atoms with Crippen LogP contribution in [-0.2, 0) is 10.8 Å². The number of hydrogen-bond acceptors (Lipinski definition) is 3. The number of para-hydroxylation sites is 1. The van der Waals surface area contributed by atoms with E-state index in [1.807, 2.05) is 11.8 Å². The van der Waals surface area contributed by atoms with Crippen molar-refractivity contribution in [3.63, 3.8) is 0 Å². The molecule has 0 unspecified atom stereocenters. The van der Waals surface area contributed by atoms with E-state index < -0.39 is 8.07 Å². The van der Waals surface area contributed by atoms with Gasteiger partial charge in [0.25, 0.3) is 0 Å². The third-order valence-electron chi connectivity index (χ3n) is 6.43. The van der Waals surface area contributed by atoms with Gasteiger partial charge in [-0.2, -0.15) is 0 Å². The van der Waals surface area contributed by atoms with E-state index >= 15 is 0 Å². The molecule has 0 aliphatic heterocycles. The Morgan fingerprint density at radius 2 is 1.36 bits per heavy atom. The summed E-state index contributed by atoms with van der Waals surface area (Å²) < 4.78 is 6.12. The van der Waals surface area contributed by atoms with E-state index in [2.05, 4.69) is 98.7 Å². The highest BCUT2D eigenvalue weighted by atomic mass is 32.2. The number of aromatic hydroxyl groups is 1. The number of benzene rings is 2. The molecule has 0 saturated carbocycles. The predicted molar refractivity (Wildman–Crippen MR) is 149 cm³/mol. The van der Waals surface area contributed by atoms with Gasteiger partial charge >= 0.3 is 0 Å². The van der Waals surface area contributed by atoms with Gasteiger partial charge < -0.3 is 9.84 Å². The molecule has 1 N–H and O–H groups in total. The third kappa shape index (κ3) is 6.82. The molecule has 0 radical (unpaired) electrons. The minimum atomic E-state index is -1.80. The second-order valence-electron chi connectivity index (χ2n) is 11.4. The highest BCUT2D eigenvalue weighted by Crippen LogP contribution is 2.42. The maximum atomic E-state index is 11.1. The Balaban J connectivity index is 2.56. The van der Waals surface area contributed by atoms with E-state index in [1.54, 1.807) is 0 Å². The fraction of sp³-hybridized carbons (Fsp3) is 0.586. The van der Waals surface area contributed by atoms with Gasteiger partial charge in [-0.1, -0.05) is 98.5 Å². The SMILES string of the molecule is CCC[Si](CCC)(CSc1cc(C(C)(C)C)c(O)c(C(C)(C)C)c1)c1ccccc1OCC. The van der Waals surface area contributed by atoms with E-state index in [0.717, 1.165) is 22.3 Å². The van der Waals surface area contributed by atoms with Gasteiger partial charge in [0, 0.05) is 16.0 Å². The van der Waals surface area contributed by atoms with Crippen LogP contribution in [0.3, 0.4) is 0 Å². The monoisotopic (exact) mass is 486 g/mol. The molecule has 2 rings (SSSR count). The van der Waals surface area contributed by atoms with Crippen LogP contribution in [0.5, 0.6) is 11.5 Å². The van der Waals surface area contributed by atoms with Crippen molar-refractivity contribution in [1.82, 2.24) is 0 Å². The molecule has 2 aromatic carbocycles. The number of phenols is 1. The summed E-state index contributed by atoms with van der Waals surface area (Å²) in [5, 5.41) is 13.8. The minimum Gasteiger partial charge on any atom is -0.507 e. The molecule has 0 saturated heterocycles. The maximum Gasteiger partial charge on any atom is 0.123 e. The number of ether oxygens (including phenoxy) is 1. The highest BCUT2D eigenvalue weighted by Gasteiger charge is 2.36. The van der Waals surface area contributed by atoms with Crippen LogP contribution >= 0.6 is 11.8 Å². The van der Waals surface area contributed by atoms with Crippen molar-refractivity contribution in [2.75, 3.05) is 12.0 Å². The molecule has 0 atom stereocenters. The Kier molecular flexibility index (Phi) is 9.58. The number of hydrogen-bond donors (Lipinski definition) is 1. The van der Waals surface area contributed by atoms with Gasteiger partial charge in [-0.05, 0) is 46.5 Å². The molecule has 0 bridgehead atoms. The smallest absolute Gasteiger partial charge is 0.123 e. The zero-order chi connectivity index (χ0) is 24.9. The van der Waals surface area contributed by atoms with Crippen LogP contribution in [-0.4, -0.2) is 25.2 Å². The molecule has 0 fully saturated rings. The normalized spacial score (nSPS) is 12.8. The third-order valence-corrected chi connectivity index (χ3v) is 14.3. The first-order chi connectivity index (χ1) is 15.4. The van der Waals surface area contributed by atoms with Crippen LogP contribution in [0, 0.1) is 0 Å². The Hall–Kier alpha value is -1.39. The summed E-state index contributed by atoms with van der Waals surface area (Å²) in [7, 11) is -1.80. The Morgan fingerprint density at radius 1 is 0.848 bits per heavy atom. The zero-order valence-corrected chi connectivity index (χ0v) is 24.3. The van der Waals surface area contributed by atoms with Gasteiger partial charge in [0.05, 0.1) is 6.61 Å². The summed E-state index contributed by atoms with van der Waals surface area (Å²) in [5.74, 6) is 1.55. The lowest BCUT2D eigenvalue weighted by Crippen LogP contribution is -2.51. The van der Waals surface area contributed by atoms with Crippen LogP contribution in [0.4, 0.5) is 0 Å². The minimum absolute atomic E-state index is 0.108. The quantitative estimate of drug-likeness (QED) is 0.271. The summed E-state index contributed by atoms with van der Waals surface area (Å²) in [6.07, 6.45) is 2.40. The van der Waals surface area contributed by atoms with E-state index in [0.29, 0.717) is 12.4 Å². The summed E-state index contributed by atoms with van der Waals surface area (Å²) >= 11 is 1.99. The standard InChI is InChI=1S/C29H46O2SSi/c1-10-17-33(18-11-2,26-16-14-13-15-25(26)31-12-3)21-32-22-19-23(28(4,5)6)27(30)24(20-22)29(7,8)9/h13-16,19-20,30H,10-12,17-18,21H2,1-9H3. The summed E-state index contributed by atoms with van der Waals surface area (Å²) in [6.45, 7) is 20.6. The van der Waals surface area contributed by atoms with Crippen molar-refractivity contribution in [3.8, 4) is 11.5 Å². The predicted octanol–water partition coefficient (Wildman–Crippen LogP) is 8.19. The zero-order valence-electron chi connectivity index (χ0n) is 22.5. The molecule has 2 nitrogen and oxygen atoms in total. The van der Waals surface area contributed by atoms with Gasteiger partial charge in [-0.25, -0.2) is 0 Å². The second-order valence-corrected chi connectivity index (χ2v) is 17.4. The second kappa shape index (κ2) is 11.4. The molecule has 4 heteroatoms. The average molecular weight is 487 g/mol. The Morgan fingerprint density at radius 3 is 1.82 bits per heavy atom. The average Bonchev–Trinajstić information content (AvgIpc) is 2.72. The first-order valence-electron chi connectivity index (χ1n) is 12.6. The van der Waals surface area contributed by atoms with Gasteiger partial charge in [0.2, 0.25) is 0 Å². The summed E-state index contributed by atoms with van der Waals surface area (Å²) in [4.78, 5) is 1.28. The number of phenolic OH excluding ortho intramolecular Hbond substituents is 1. The Labute approximate surface area is 208 Å². The Bertz CT molecular complexity index is 868. The molecule has 0 spiro atoms. The molecular weight excluding hydrogens is 440 g/mol. The van der Waals surface area contributed by atoms with E-state index in [9.17, 15) is 5.11 Å². The summed E-state index contributed by atoms with van der Waals surface area (Å²) in [6, 6.07) is 15.8. The van der Waals surface area contributed by atoms with Crippen molar-refractivity contribution >= 4 is 25.0 Å². The molecule has 33 heavy (non-hydrogen) atoms. The largest absolute Gasteiger partial charge is 0.507 e. The fourth-order valence-electron chi connectivity index (χ4n) is 4.82. The lowest BCUT2D eigenvalue weighted by atomic mass is 9.79. The number of thioether (sulfide) groups is 1. The van der Waals surface area contributed by atoms with Gasteiger partial charge in [0.1, 0.15) is 19.6 Å². The van der Waals surface area contributed by atoms with Crippen LogP contribution < -0.4 is 9.92 Å². The summed E-state index contributed by atoms with van der Waals surface area (Å²) in [5.41, 5.74) is 1.88. The van der Waals surface area contributed by atoms with Crippen molar-refractivity contribution in [2.45, 2.75) is 103 Å². The van der Waals surface area contributed by atoms with Crippen LogP contribution in [0.15, 0.2) is 41.3 Å². The lowest BCUT2D eigenvalue weighted by molar-refractivity contribution is 0.342. The first kappa shape index (κ1) is 27.8. The van der Waals surface area contributed by atoms with Gasteiger partial charge in [0.15, 0.2) is 0 Å². The van der Waals surface area contributed by atoms with Gasteiger partial charge in [-0.15, -0.1) is 11.8 Å². The van der Waals surface area contributed by atoms with Crippen molar-refractivity contribution in [1.29, 1.82) is 0 Å². The molecule has 0 aliphatic carbocycles. The van der Waals surface area contributed by atoms with Crippen molar-refractivity contribution in [2.24, 2.45) is 0 Å². The van der Waals surface area contributed by atoms with Crippen LogP contribution in [0.25, 0.3) is 0 Å².